The van der Waals surface area contributed by atoms with Crippen molar-refractivity contribution in [2.75, 3.05) is 13.1 Å². The zero-order valence-corrected chi connectivity index (χ0v) is 11.1. The van der Waals surface area contributed by atoms with E-state index in [0.29, 0.717) is 0 Å². The third kappa shape index (κ3) is 2.89. The highest BCUT2D eigenvalue weighted by molar-refractivity contribution is 5.88. The number of allylic oxidation sites excluding steroid dienone is 2. The van der Waals surface area contributed by atoms with Gasteiger partial charge < -0.3 is 4.90 Å². The molecule has 0 fully saturated rings. The van der Waals surface area contributed by atoms with Gasteiger partial charge in [-0.2, -0.15) is 0 Å². The third-order valence-electron chi connectivity index (χ3n) is 3.22. The van der Waals surface area contributed by atoms with Crippen molar-refractivity contribution in [3.63, 3.8) is 0 Å². The van der Waals surface area contributed by atoms with E-state index in [4.69, 9.17) is 0 Å². The number of aliphatic imine (C=N–C) groups is 1. The van der Waals surface area contributed by atoms with E-state index in [1.165, 1.54) is 11.1 Å². The van der Waals surface area contributed by atoms with Crippen molar-refractivity contribution in [3.05, 3.63) is 54.2 Å². The van der Waals surface area contributed by atoms with Crippen LogP contribution in [0, 0.1) is 0 Å². The largest absolute Gasteiger partial charge is 0.360 e. The highest BCUT2D eigenvalue weighted by Crippen LogP contribution is 2.19. The van der Waals surface area contributed by atoms with Crippen LogP contribution in [0.25, 0.3) is 5.57 Å². The van der Waals surface area contributed by atoms with Gasteiger partial charge in [-0.25, -0.2) is 4.99 Å². The fraction of sp³-hybridized carbons (Fsp3) is 0.312. The topological polar surface area (TPSA) is 15.6 Å². The number of benzene rings is 1. The SMILES string of the molecule is CCN(CC)C1=NC=CC(c2ccccc2)=CC1. The van der Waals surface area contributed by atoms with Crippen LogP contribution in [0.4, 0.5) is 0 Å². The van der Waals surface area contributed by atoms with Crippen LogP contribution < -0.4 is 0 Å². The smallest absolute Gasteiger partial charge is 0.108 e. The van der Waals surface area contributed by atoms with Gasteiger partial charge in [-0.3, -0.25) is 0 Å². The van der Waals surface area contributed by atoms with Crippen molar-refractivity contribution in [2.45, 2.75) is 20.3 Å². The minimum Gasteiger partial charge on any atom is -0.360 e. The first kappa shape index (κ1) is 12.6. The summed E-state index contributed by atoms with van der Waals surface area (Å²) in [4.78, 5) is 6.85. The molecule has 0 atom stereocenters. The van der Waals surface area contributed by atoms with Crippen LogP contribution in [0.15, 0.2) is 53.7 Å². The van der Waals surface area contributed by atoms with Gasteiger partial charge in [0, 0.05) is 25.7 Å². The zero-order chi connectivity index (χ0) is 12.8. The van der Waals surface area contributed by atoms with Crippen molar-refractivity contribution in [3.8, 4) is 0 Å². The van der Waals surface area contributed by atoms with Gasteiger partial charge in [0.2, 0.25) is 0 Å². The van der Waals surface area contributed by atoms with Crippen molar-refractivity contribution >= 4 is 11.4 Å². The Morgan fingerprint density at radius 1 is 1.11 bits per heavy atom. The van der Waals surface area contributed by atoms with Crippen LogP contribution >= 0.6 is 0 Å². The first-order valence-electron chi connectivity index (χ1n) is 6.59. The molecule has 0 bridgehead atoms. The lowest BCUT2D eigenvalue weighted by atomic mass is 10.0. The molecule has 0 amide bonds. The van der Waals surface area contributed by atoms with Gasteiger partial charge in [-0.1, -0.05) is 36.4 Å². The molecule has 0 radical (unpaired) electrons. The van der Waals surface area contributed by atoms with E-state index in [0.717, 1.165) is 25.3 Å². The van der Waals surface area contributed by atoms with E-state index in [2.05, 4.69) is 60.2 Å². The van der Waals surface area contributed by atoms with E-state index in [9.17, 15) is 0 Å². The van der Waals surface area contributed by atoms with Crippen LogP contribution in [0.2, 0.25) is 0 Å². The van der Waals surface area contributed by atoms with Gasteiger partial charge in [-0.05, 0) is 31.1 Å². The Labute approximate surface area is 109 Å². The maximum absolute atomic E-state index is 4.55. The molecule has 2 heteroatoms. The Morgan fingerprint density at radius 3 is 2.50 bits per heavy atom. The predicted octanol–water partition coefficient (Wildman–Crippen LogP) is 3.73. The molecule has 2 rings (SSSR count). The van der Waals surface area contributed by atoms with Crippen LogP contribution in [-0.2, 0) is 0 Å². The molecule has 0 spiro atoms. The van der Waals surface area contributed by atoms with E-state index in [-0.39, 0.29) is 0 Å². The van der Waals surface area contributed by atoms with E-state index in [1.807, 2.05) is 12.3 Å². The Bertz CT molecular complexity index is 465. The lowest BCUT2D eigenvalue weighted by molar-refractivity contribution is 0.459. The summed E-state index contributed by atoms with van der Waals surface area (Å²) in [6.45, 7) is 6.36. The molecule has 0 aromatic heterocycles. The quantitative estimate of drug-likeness (QED) is 0.786. The van der Waals surface area contributed by atoms with Crippen molar-refractivity contribution in [1.82, 2.24) is 4.90 Å². The standard InChI is InChI=1S/C16H20N2/c1-3-18(4-2)16-11-10-15(12-13-17-16)14-8-6-5-7-9-14/h5-10,12-13H,3-4,11H2,1-2H3. The summed E-state index contributed by atoms with van der Waals surface area (Å²) in [7, 11) is 0. The van der Waals surface area contributed by atoms with Crippen LogP contribution in [0.1, 0.15) is 25.8 Å². The summed E-state index contributed by atoms with van der Waals surface area (Å²) in [5, 5.41) is 0. The molecule has 1 aliphatic heterocycles. The Kier molecular flexibility index (Phi) is 4.35. The normalized spacial score (nSPS) is 14.8. The Morgan fingerprint density at radius 2 is 1.83 bits per heavy atom. The minimum atomic E-state index is 0.902. The molecule has 0 aliphatic carbocycles. The van der Waals surface area contributed by atoms with Crippen LogP contribution in [0.5, 0.6) is 0 Å². The molecule has 0 N–H and O–H groups in total. The van der Waals surface area contributed by atoms with Gasteiger partial charge in [0.25, 0.3) is 0 Å². The van der Waals surface area contributed by atoms with Crippen LogP contribution in [0.3, 0.4) is 0 Å². The first-order chi connectivity index (χ1) is 8.85. The molecule has 0 unspecified atom stereocenters. The van der Waals surface area contributed by atoms with E-state index >= 15 is 0 Å². The van der Waals surface area contributed by atoms with Gasteiger partial charge >= 0.3 is 0 Å². The second kappa shape index (κ2) is 6.20. The molecule has 1 aromatic carbocycles. The summed E-state index contributed by atoms with van der Waals surface area (Å²) in [6, 6.07) is 10.5. The number of nitrogens with zero attached hydrogens (tertiary/aromatic N) is 2. The zero-order valence-electron chi connectivity index (χ0n) is 11.1. The molecule has 94 valence electrons. The molecule has 0 saturated carbocycles. The average molecular weight is 240 g/mol. The maximum Gasteiger partial charge on any atom is 0.108 e. The maximum atomic E-state index is 4.55. The lowest BCUT2D eigenvalue weighted by Gasteiger charge is -2.21. The van der Waals surface area contributed by atoms with E-state index in [1.54, 1.807) is 0 Å². The third-order valence-corrected chi connectivity index (χ3v) is 3.22. The first-order valence-corrected chi connectivity index (χ1v) is 6.59. The molecule has 2 nitrogen and oxygen atoms in total. The summed E-state index contributed by atoms with van der Waals surface area (Å²) in [6.07, 6.45) is 7.17. The summed E-state index contributed by atoms with van der Waals surface area (Å²) >= 11 is 0. The number of hydrogen-bond donors (Lipinski definition) is 0. The predicted molar refractivity (Wildman–Crippen MR) is 78.5 cm³/mol. The van der Waals surface area contributed by atoms with Gasteiger partial charge in [0.05, 0.1) is 0 Å². The average Bonchev–Trinajstić information content (AvgIpc) is 2.67. The molecular formula is C16H20N2. The lowest BCUT2D eigenvalue weighted by Crippen LogP contribution is -2.29. The fourth-order valence-electron chi connectivity index (χ4n) is 2.17. The molecular weight excluding hydrogens is 220 g/mol. The monoisotopic (exact) mass is 240 g/mol. The van der Waals surface area contributed by atoms with E-state index < -0.39 is 0 Å². The summed E-state index contributed by atoms with van der Waals surface area (Å²) in [5.74, 6) is 1.15. The van der Waals surface area contributed by atoms with Crippen molar-refractivity contribution < 1.29 is 0 Å². The van der Waals surface area contributed by atoms with Crippen LogP contribution in [-0.4, -0.2) is 23.8 Å². The van der Waals surface area contributed by atoms with Crippen molar-refractivity contribution in [1.29, 1.82) is 0 Å². The Balaban J connectivity index is 2.17. The second-order valence-electron chi connectivity index (χ2n) is 4.26. The van der Waals surface area contributed by atoms with Crippen molar-refractivity contribution in [2.24, 2.45) is 4.99 Å². The summed E-state index contributed by atoms with van der Waals surface area (Å²) < 4.78 is 0. The van der Waals surface area contributed by atoms with Gasteiger partial charge in [-0.15, -0.1) is 0 Å². The molecule has 18 heavy (non-hydrogen) atoms. The highest BCUT2D eigenvalue weighted by atomic mass is 15.2. The number of hydrogen-bond acceptors (Lipinski definition) is 2. The van der Waals surface area contributed by atoms with Gasteiger partial charge in [0.15, 0.2) is 0 Å². The Hall–Kier alpha value is -1.83. The highest BCUT2D eigenvalue weighted by Gasteiger charge is 2.08. The second-order valence-corrected chi connectivity index (χ2v) is 4.26. The molecule has 1 aromatic rings. The number of amidine groups is 1. The fourth-order valence-corrected chi connectivity index (χ4v) is 2.17. The summed E-state index contributed by atoms with van der Waals surface area (Å²) in [5.41, 5.74) is 2.51. The molecule has 1 aliphatic rings. The molecule has 1 heterocycles. The number of rotatable bonds is 3. The minimum absolute atomic E-state index is 0.902. The molecule has 0 saturated heterocycles. The van der Waals surface area contributed by atoms with Gasteiger partial charge in [0.1, 0.15) is 5.84 Å².